The lowest BCUT2D eigenvalue weighted by atomic mass is 10.1. The number of hydrogen-bond acceptors (Lipinski definition) is 5. The van der Waals surface area contributed by atoms with Crippen LogP contribution in [0.15, 0.2) is 60.8 Å². The second-order valence-corrected chi connectivity index (χ2v) is 6.95. The number of aromatic nitrogens is 2. The van der Waals surface area contributed by atoms with Gasteiger partial charge in [-0.25, -0.2) is 4.98 Å². The van der Waals surface area contributed by atoms with Crippen LogP contribution in [0.3, 0.4) is 0 Å². The van der Waals surface area contributed by atoms with Gasteiger partial charge < -0.3 is 19.5 Å². The molecule has 0 amide bonds. The third kappa shape index (κ3) is 3.23. The molecule has 1 N–H and O–H groups in total. The molecule has 0 saturated carbocycles. The van der Waals surface area contributed by atoms with Gasteiger partial charge in [0, 0.05) is 23.5 Å². The molecular weight excluding hydrogens is 366 g/mol. The van der Waals surface area contributed by atoms with Crippen molar-refractivity contribution in [1.82, 2.24) is 9.38 Å². The van der Waals surface area contributed by atoms with Crippen LogP contribution < -0.4 is 19.5 Å². The molecule has 6 heteroatoms. The Hall–Kier alpha value is -3.67. The molecule has 1 aliphatic rings. The van der Waals surface area contributed by atoms with Crippen molar-refractivity contribution in [3.8, 4) is 28.5 Å². The topological polar surface area (TPSA) is 57.0 Å². The van der Waals surface area contributed by atoms with E-state index in [1.807, 2.05) is 48.7 Å². The van der Waals surface area contributed by atoms with Crippen LogP contribution in [0.5, 0.6) is 17.2 Å². The molecule has 0 aliphatic carbocycles. The van der Waals surface area contributed by atoms with Crippen molar-refractivity contribution in [2.24, 2.45) is 0 Å². The van der Waals surface area contributed by atoms with Gasteiger partial charge in [0.25, 0.3) is 0 Å². The van der Waals surface area contributed by atoms with E-state index in [0.29, 0.717) is 13.2 Å². The number of benzene rings is 2. The van der Waals surface area contributed by atoms with Crippen LogP contribution in [-0.2, 0) is 0 Å². The van der Waals surface area contributed by atoms with Gasteiger partial charge in [0.1, 0.15) is 36.1 Å². The van der Waals surface area contributed by atoms with E-state index in [0.717, 1.165) is 51.2 Å². The summed E-state index contributed by atoms with van der Waals surface area (Å²) < 4.78 is 18.7. The molecule has 0 unspecified atom stereocenters. The molecule has 6 nitrogen and oxygen atoms in total. The number of pyridine rings is 1. The highest BCUT2D eigenvalue weighted by molar-refractivity contribution is 5.80. The zero-order valence-electron chi connectivity index (χ0n) is 16.3. The van der Waals surface area contributed by atoms with Crippen LogP contribution in [0, 0.1) is 6.92 Å². The summed E-state index contributed by atoms with van der Waals surface area (Å²) >= 11 is 0. The monoisotopic (exact) mass is 387 g/mol. The van der Waals surface area contributed by atoms with Crippen LogP contribution in [-0.4, -0.2) is 29.7 Å². The molecule has 0 bridgehead atoms. The summed E-state index contributed by atoms with van der Waals surface area (Å²) in [6.45, 7) is 3.20. The second kappa shape index (κ2) is 7.05. The van der Waals surface area contributed by atoms with Crippen LogP contribution in [0.4, 0.5) is 11.5 Å². The van der Waals surface area contributed by atoms with Crippen molar-refractivity contribution in [1.29, 1.82) is 0 Å². The van der Waals surface area contributed by atoms with Gasteiger partial charge in [0.2, 0.25) is 0 Å². The van der Waals surface area contributed by atoms with Crippen LogP contribution in [0.1, 0.15) is 5.56 Å². The van der Waals surface area contributed by atoms with Crippen LogP contribution in [0.2, 0.25) is 0 Å². The summed E-state index contributed by atoms with van der Waals surface area (Å²) in [6, 6.07) is 17.9. The molecule has 0 fully saturated rings. The Morgan fingerprint density at radius 2 is 1.76 bits per heavy atom. The maximum absolute atomic E-state index is 5.73. The van der Waals surface area contributed by atoms with Crippen molar-refractivity contribution < 1.29 is 14.2 Å². The lowest BCUT2D eigenvalue weighted by Gasteiger charge is -2.19. The van der Waals surface area contributed by atoms with Gasteiger partial charge in [0.05, 0.1) is 7.11 Å². The van der Waals surface area contributed by atoms with E-state index in [2.05, 4.69) is 28.8 Å². The summed E-state index contributed by atoms with van der Waals surface area (Å²) in [4.78, 5) is 4.89. The molecule has 0 radical (unpaired) electrons. The smallest absolute Gasteiger partial charge is 0.163 e. The first kappa shape index (κ1) is 17.4. The van der Waals surface area contributed by atoms with Crippen molar-refractivity contribution in [2.75, 3.05) is 25.6 Å². The van der Waals surface area contributed by atoms with E-state index in [9.17, 15) is 0 Å². The molecule has 2 aromatic carbocycles. The largest absolute Gasteiger partial charge is 0.497 e. The minimum atomic E-state index is 0.558. The first-order valence-corrected chi connectivity index (χ1v) is 9.51. The van der Waals surface area contributed by atoms with Gasteiger partial charge in [-0.05, 0) is 61.0 Å². The number of imidazole rings is 1. The van der Waals surface area contributed by atoms with E-state index >= 15 is 0 Å². The molecule has 3 heterocycles. The lowest BCUT2D eigenvalue weighted by Crippen LogP contribution is -2.15. The molecule has 0 spiro atoms. The normalized spacial score (nSPS) is 12.8. The number of ether oxygens (including phenoxy) is 3. The molecule has 1 aliphatic heterocycles. The number of hydrogen-bond donors (Lipinski definition) is 1. The quantitative estimate of drug-likeness (QED) is 0.543. The Labute approximate surface area is 168 Å². The maximum Gasteiger partial charge on any atom is 0.163 e. The van der Waals surface area contributed by atoms with E-state index in [4.69, 9.17) is 19.2 Å². The third-order valence-corrected chi connectivity index (χ3v) is 4.95. The highest BCUT2D eigenvalue weighted by Gasteiger charge is 2.17. The Kier molecular flexibility index (Phi) is 4.24. The number of nitrogens with one attached hydrogen (secondary N) is 1. The highest BCUT2D eigenvalue weighted by Crippen LogP contribution is 2.36. The number of anilines is 2. The maximum atomic E-state index is 5.73. The molecule has 146 valence electrons. The fraction of sp³-hybridized carbons (Fsp3) is 0.174. The van der Waals surface area contributed by atoms with Gasteiger partial charge in [-0.15, -0.1) is 0 Å². The predicted octanol–water partition coefficient (Wildman–Crippen LogP) is 4.83. The minimum absolute atomic E-state index is 0.558. The van der Waals surface area contributed by atoms with Gasteiger partial charge in [-0.3, -0.25) is 4.40 Å². The van der Waals surface area contributed by atoms with Crippen molar-refractivity contribution >= 4 is 17.2 Å². The van der Waals surface area contributed by atoms with Crippen molar-refractivity contribution in [2.45, 2.75) is 6.92 Å². The van der Waals surface area contributed by atoms with E-state index in [1.165, 1.54) is 0 Å². The molecule has 5 rings (SSSR count). The van der Waals surface area contributed by atoms with E-state index < -0.39 is 0 Å². The standard InChI is InChI=1S/C23H21N3O3/c1-15-9-10-26-21(13-15)25-22(16-3-6-18(27-2)7-4-16)23(26)24-17-5-8-19-20(14-17)29-12-11-28-19/h3-10,13-14,24H,11-12H2,1-2H3. The number of rotatable bonds is 4. The fourth-order valence-corrected chi connectivity index (χ4v) is 3.47. The van der Waals surface area contributed by atoms with Crippen molar-refractivity contribution in [3.05, 3.63) is 66.4 Å². The minimum Gasteiger partial charge on any atom is -0.497 e. The van der Waals surface area contributed by atoms with Crippen molar-refractivity contribution in [3.63, 3.8) is 0 Å². The fourth-order valence-electron chi connectivity index (χ4n) is 3.47. The molecule has 29 heavy (non-hydrogen) atoms. The first-order valence-electron chi connectivity index (χ1n) is 9.51. The SMILES string of the molecule is COc1ccc(-c2nc3cc(C)ccn3c2Nc2ccc3c(c2)OCCO3)cc1. The highest BCUT2D eigenvalue weighted by atomic mass is 16.6. The van der Waals surface area contributed by atoms with Crippen LogP contribution in [0.25, 0.3) is 16.9 Å². The zero-order chi connectivity index (χ0) is 19.8. The average Bonchev–Trinajstić information content (AvgIpc) is 3.11. The summed E-state index contributed by atoms with van der Waals surface area (Å²) in [5.74, 6) is 3.22. The molecule has 2 aromatic heterocycles. The third-order valence-electron chi connectivity index (χ3n) is 4.95. The summed E-state index contributed by atoms with van der Waals surface area (Å²) in [6.07, 6.45) is 2.03. The molecular formula is C23H21N3O3. The summed E-state index contributed by atoms with van der Waals surface area (Å²) in [5, 5.41) is 3.53. The number of nitrogens with zero attached hydrogens (tertiary/aromatic N) is 2. The van der Waals surface area contributed by atoms with E-state index in [1.54, 1.807) is 7.11 Å². The molecule has 0 saturated heterocycles. The van der Waals surface area contributed by atoms with Gasteiger partial charge in [-0.1, -0.05) is 0 Å². The summed E-state index contributed by atoms with van der Waals surface area (Å²) in [5.41, 5.74) is 4.83. The lowest BCUT2D eigenvalue weighted by molar-refractivity contribution is 0.171. The first-order chi connectivity index (χ1) is 14.2. The Morgan fingerprint density at radius 3 is 2.55 bits per heavy atom. The Balaban J connectivity index is 1.61. The van der Waals surface area contributed by atoms with Crippen LogP contribution >= 0.6 is 0 Å². The number of fused-ring (bicyclic) bond motifs is 2. The second-order valence-electron chi connectivity index (χ2n) is 6.95. The average molecular weight is 387 g/mol. The van der Waals surface area contributed by atoms with E-state index in [-0.39, 0.29) is 0 Å². The predicted molar refractivity (Wildman–Crippen MR) is 113 cm³/mol. The number of methoxy groups -OCH3 is 1. The zero-order valence-corrected chi connectivity index (χ0v) is 16.3. The van der Waals surface area contributed by atoms with Gasteiger partial charge in [-0.2, -0.15) is 0 Å². The number of aryl methyl sites for hydroxylation is 1. The summed E-state index contributed by atoms with van der Waals surface area (Å²) in [7, 11) is 1.66. The van der Waals surface area contributed by atoms with Gasteiger partial charge in [0.15, 0.2) is 11.5 Å². The molecule has 0 atom stereocenters. The Bertz CT molecular complexity index is 1180. The van der Waals surface area contributed by atoms with Gasteiger partial charge >= 0.3 is 0 Å². The Morgan fingerprint density at radius 1 is 0.966 bits per heavy atom. The molecule has 4 aromatic rings.